The Morgan fingerprint density at radius 3 is 2.41 bits per heavy atom. The molecule has 0 bridgehead atoms. The van der Waals surface area contributed by atoms with E-state index in [0.717, 1.165) is 17.8 Å². The Morgan fingerprint density at radius 2 is 2.00 bits per heavy atom. The third-order valence-electron chi connectivity index (χ3n) is 2.18. The van der Waals surface area contributed by atoms with Crippen molar-refractivity contribution in [2.45, 2.75) is 22.8 Å². The molecular formula is C11H10BrF3OS. The molecule has 17 heavy (non-hydrogen) atoms. The summed E-state index contributed by atoms with van der Waals surface area (Å²) in [6, 6.07) is 3.73. The lowest BCUT2D eigenvalue weighted by Crippen LogP contribution is -2.08. The van der Waals surface area contributed by atoms with Gasteiger partial charge in [0.05, 0.1) is 10.4 Å². The summed E-state index contributed by atoms with van der Waals surface area (Å²) in [6.45, 7) is 1.38. The molecule has 1 nitrogen and oxygen atoms in total. The van der Waals surface area contributed by atoms with E-state index < -0.39 is 16.6 Å². The first kappa shape index (κ1) is 14.6. The van der Waals surface area contributed by atoms with Crippen molar-refractivity contribution in [3.05, 3.63) is 29.3 Å². The molecule has 1 rings (SSSR count). The van der Waals surface area contributed by atoms with Crippen LogP contribution in [0.2, 0.25) is 0 Å². The maximum atomic E-state index is 12.6. The number of hydrogen-bond acceptors (Lipinski definition) is 2. The second-order valence-corrected chi connectivity index (χ2v) is 5.19. The van der Waals surface area contributed by atoms with Crippen LogP contribution in [-0.4, -0.2) is 12.0 Å². The fourth-order valence-electron chi connectivity index (χ4n) is 1.33. The second-order valence-electron chi connectivity index (χ2n) is 3.43. The summed E-state index contributed by atoms with van der Waals surface area (Å²) in [6.07, 6.45) is -2.79. The summed E-state index contributed by atoms with van der Waals surface area (Å²) in [4.78, 5) is 10.7. The number of alkyl halides is 4. The standard InChI is InChI=1S/C11H10BrF3OS/c1-6(16)10(12)7-3-4-8(11(13,14)15)9(5-7)17-2/h3-5,10H,1-2H3. The molecule has 1 unspecified atom stereocenters. The Hall–Kier alpha value is -0.490. The van der Waals surface area contributed by atoms with E-state index in [2.05, 4.69) is 15.9 Å². The van der Waals surface area contributed by atoms with Crippen LogP contribution in [0.25, 0.3) is 0 Å². The summed E-state index contributed by atoms with van der Waals surface area (Å²) in [5.74, 6) is -0.142. The normalized spacial score (nSPS) is 13.5. The molecule has 0 saturated carbocycles. The molecule has 0 aliphatic rings. The summed E-state index contributed by atoms with van der Waals surface area (Å²) < 4.78 is 37.9. The quantitative estimate of drug-likeness (QED) is 0.603. The molecule has 0 spiro atoms. The number of ketones is 1. The summed E-state index contributed by atoms with van der Waals surface area (Å²) in [5, 5.41) is 0. The van der Waals surface area contributed by atoms with Crippen LogP contribution in [0.3, 0.4) is 0 Å². The Labute approximate surface area is 110 Å². The zero-order chi connectivity index (χ0) is 13.2. The van der Waals surface area contributed by atoms with E-state index in [1.54, 1.807) is 6.26 Å². The number of thioether (sulfide) groups is 1. The van der Waals surface area contributed by atoms with Crippen molar-refractivity contribution >= 4 is 33.5 Å². The van der Waals surface area contributed by atoms with Gasteiger partial charge in [-0.3, -0.25) is 4.79 Å². The monoisotopic (exact) mass is 326 g/mol. The molecule has 0 aromatic heterocycles. The summed E-state index contributed by atoms with van der Waals surface area (Å²) >= 11 is 4.16. The van der Waals surface area contributed by atoms with Gasteiger partial charge in [0.15, 0.2) is 0 Å². The Bertz CT molecular complexity index is 431. The lowest BCUT2D eigenvalue weighted by molar-refractivity contribution is -0.139. The van der Waals surface area contributed by atoms with Crippen LogP contribution in [0.5, 0.6) is 0 Å². The summed E-state index contributed by atoms with van der Waals surface area (Å²) in [5.41, 5.74) is -0.133. The molecule has 6 heteroatoms. The van der Waals surface area contributed by atoms with Gasteiger partial charge in [-0.2, -0.15) is 13.2 Å². The Kier molecular flexibility index (Phi) is 4.66. The van der Waals surface area contributed by atoms with E-state index in [1.807, 2.05) is 0 Å². The van der Waals surface area contributed by atoms with Crippen LogP contribution in [-0.2, 0) is 11.0 Å². The minimum absolute atomic E-state index is 0.126. The van der Waals surface area contributed by atoms with Gasteiger partial charge in [-0.15, -0.1) is 11.8 Å². The average Bonchev–Trinajstić information content (AvgIpc) is 2.25. The van der Waals surface area contributed by atoms with E-state index in [4.69, 9.17) is 0 Å². The number of benzene rings is 1. The topological polar surface area (TPSA) is 17.1 Å². The van der Waals surface area contributed by atoms with Crippen LogP contribution in [0, 0.1) is 0 Å². The molecule has 94 valence electrons. The number of hydrogen-bond donors (Lipinski definition) is 0. The van der Waals surface area contributed by atoms with E-state index in [1.165, 1.54) is 19.1 Å². The molecule has 0 aliphatic carbocycles. The molecule has 0 radical (unpaired) electrons. The Balaban J connectivity index is 3.22. The van der Waals surface area contributed by atoms with Crippen LogP contribution in [0.1, 0.15) is 22.9 Å². The van der Waals surface area contributed by atoms with E-state index >= 15 is 0 Å². The fraction of sp³-hybridized carbons (Fsp3) is 0.364. The second kappa shape index (κ2) is 5.44. The van der Waals surface area contributed by atoms with Crippen molar-refractivity contribution in [3.8, 4) is 0 Å². The molecular weight excluding hydrogens is 317 g/mol. The van der Waals surface area contributed by atoms with Crippen molar-refractivity contribution in [1.82, 2.24) is 0 Å². The van der Waals surface area contributed by atoms with Crippen LogP contribution in [0.4, 0.5) is 13.2 Å². The van der Waals surface area contributed by atoms with Gasteiger partial charge in [0, 0.05) is 4.90 Å². The maximum absolute atomic E-state index is 12.6. The molecule has 0 fully saturated rings. The average molecular weight is 327 g/mol. The molecule has 0 saturated heterocycles. The zero-order valence-corrected chi connectivity index (χ0v) is 11.5. The smallest absolute Gasteiger partial charge is 0.298 e. The van der Waals surface area contributed by atoms with Crippen molar-refractivity contribution in [2.24, 2.45) is 0 Å². The molecule has 0 heterocycles. The van der Waals surface area contributed by atoms with Gasteiger partial charge in [-0.1, -0.05) is 22.0 Å². The third kappa shape index (κ3) is 3.48. The molecule has 0 N–H and O–H groups in total. The molecule has 1 atom stereocenters. The maximum Gasteiger partial charge on any atom is 0.417 e. The first-order chi connectivity index (χ1) is 7.77. The SMILES string of the molecule is CSc1cc(C(Br)C(C)=O)ccc1C(F)(F)F. The summed E-state index contributed by atoms with van der Waals surface area (Å²) in [7, 11) is 0. The molecule has 0 amide bonds. The van der Waals surface area contributed by atoms with E-state index in [-0.39, 0.29) is 10.7 Å². The lowest BCUT2D eigenvalue weighted by atomic mass is 10.1. The van der Waals surface area contributed by atoms with Gasteiger partial charge in [0.1, 0.15) is 5.78 Å². The van der Waals surface area contributed by atoms with Crippen LogP contribution < -0.4 is 0 Å². The molecule has 0 aliphatic heterocycles. The van der Waals surface area contributed by atoms with Crippen molar-refractivity contribution < 1.29 is 18.0 Å². The highest BCUT2D eigenvalue weighted by molar-refractivity contribution is 9.09. The van der Waals surface area contributed by atoms with Crippen molar-refractivity contribution in [1.29, 1.82) is 0 Å². The zero-order valence-electron chi connectivity index (χ0n) is 9.14. The largest absolute Gasteiger partial charge is 0.417 e. The number of halogens is 4. The first-order valence-electron chi connectivity index (χ1n) is 4.67. The predicted molar refractivity (Wildman–Crippen MR) is 65.6 cm³/mol. The van der Waals surface area contributed by atoms with Gasteiger partial charge < -0.3 is 0 Å². The number of carbonyl (C=O) groups excluding carboxylic acids is 1. The third-order valence-corrected chi connectivity index (χ3v) is 4.13. The fourth-order valence-corrected chi connectivity index (χ4v) is 2.28. The minimum atomic E-state index is -4.37. The van der Waals surface area contributed by atoms with Gasteiger partial charge in [0.2, 0.25) is 0 Å². The van der Waals surface area contributed by atoms with E-state index in [0.29, 0.717) is 5.56 Å². The van der Waals surface area contributed by atoms with Crippen molar-refractivity contribution in [2.75, 3.05) is 6.26 Å². The van der Waals surface area contributed by atoms with E-state index in [9.17, 15) is 18.0 Å². The lowest BCUT2D eigenvalue weighted by Gasteiger charge is -2.14. The van der Waals surface area contributed by atoms with Gasteiger partial charge in [-0.25, -0.2) is 0 Å². The van der Waals surface area contributed by atoms with Gasteiger partial charge in [0.25, 0.3) is 0 Å². The first-order valence-corrected chi connectivity index (χ1v) is 6.81. The minimum Gasteiger partial charge on any atom is -0.298 e. The number of carbonyl (C=O) groups is 1. The Morgan fingerprint density at radius 1 is 1.41 bits per heavy atom. The highest BCUT2D eigenvalue weighted by atomic mass is 79.9. The van der Waals surface area contributed by atoms with Gasteiger partial charge in [-0.05, 0) is 30.9 Å². The van der Waals surface area contributed by atoms with Gasteiger partial charge >= 0.3 is 6.18 Å². The van der Waals surface area contributed by atoms with Crippen LogP contribution >= 0.6 is 27.7 Å². The van der Waals surface area contributed by atoms with Crippen molar-refractivity contribution in [3.63, 3.8) is 0 Å². The predicted octanol–water partition coefficient (Wildman–Crippen LogP) is 4.45. The highest BCUT2D eigenvalue weighted by Gasteiger charge is 2.33. The number of Topliss-reactive ketones (excluding diaryl/α,β-unsaturated/α-hetero) is 1. The molecule has 1 aromatic carbocycles. The molecule has 1 aromatic rings. The highest BCUT2D eigenvalue weighted by Crippen LogP contribution is 2.38. The number of rotatable bonds is 3. The van der Waals surface area contributed by atoms with Crippen LogP contribution in [0.15, 0.2) is 23.1 Å².